The van der Waals surface area contributed by atoms with Gasteiger partial charge in [0, 0.05) is 23.2 Å². The molecule has 0 aliphatic heterocycles. The monoisotopic (exact) mass is 294 g/mol. The Morgan fingerprint density at radius 1 is 1.55 bits per heavy atom. The summed E-state index contributed by atoms with van der Waals surface area (Å²) in [6, 6.07) is 3.62. The van der Waals surface area contributed by atoms with Crippen molar-refractivity contribution in [1.82, 2.24) is 4.98 Å². The van der Waals surface area contributed by atoms with E-state index >= 15 is 0 Å². The van der Waals surface area contributed by atoms with Gasteiger partial charge < -0.3 is 9.84 Å². The van der Waals surface area contributed by atoms with E-state index < -0.39 is 22.1 Å². The fourth-order valence-corrected chi connectivity index (χ4v) is 2.23. The number of carboxylic acid groups (broad SMARTS) is 1. The molecule has 0 aliphatic carbocycles. The van der Waals surface area contributed by atoms with Crippen LogP contribution in [0.3, 0.4) is 0 Å². The molecule has 0 radical (unpaired) electrons. The zero-order valence-electron chi connectivity index (χ0n) is 10.4. The van der Waals surface area contributed by atoms with E-state index in [1.165, 1.54) is 17.4 Å². The van der Waals surface area contributed by atoms with Gasteiger partial charge in [0.25, 0.3) is 5.69 Å². The van der Waals surface area contributed by atoms with Gasteiger partial charge in [-0.15, -0.1) is 11.3 Å². The number of nitrogens with zero attached hydrogens (tertiary/aromatic N) is 2. The van der Waals surface area contributed by atoms with Gasteiger partial charge in [0.2, 0.25) is 0 Å². The highest BCUT2D eigenvalue weighted by molar-refractivity contribution is 7.09. The number of hydrogen-bond donors (Lipinski definition) is 1. The molecule has 1 N–H and O–H groups in total. The molecule has 104 valence electrons. The van der Waals surface area contributed by atoms with Gasteiger partial charge >= 0.3 is 5.97 Å². The van der Waals surface area contributed by atoms with E-state index in [0.29, 0.717) is 0 Å². The van der Waals surface area contributed by atoms with Gasteiger partial charge in [-0.05, 0) is 13.0 Å². The number of benzene rings is 1. The Morgan fingerprint density at radius 2 is 2.30 bits per heavy atom. The van der Waals surface area contributed by atoms with E-state index in [1.54, 1.807) is 0 Å². The number of hydrogen-bond acceptors (Lipinski definition) is 6. The molecule has 2 rings (SSSR count). The fourth-order valence-electron chi connectivity index (χ4n) is 1.55. The molecule has 0 saturated carbocycles. The number of carbonyl (C=O) groups is 1. The van der Waals surface area contributed by atoms with Crippen molar-refractivity contribution in [2.75, 3.05) is 0 Å². The van der Waals surface area contributed by atoms with Crippen LogP contribution in [0.25, 0.3) is 0 Å². The summed E-state index contributed by atoms with van der Waals surface area (Å²) in [5.74, 6) is -1.12. The van der Waals surface area contributed by atoms with Crippen molar-refractivity contribution in [1.29, 1.82) is 0 Å². The summed E-state index contributed by atoms with van der Waals surface area (Å²) in [5.41, 5.74) is 0.0151. The number of aromatic carboxylic acids is 1. The zero-order chi connectivity index (χ0) is 14.7. The summed E-state index contributed by atoms with van der Waals surface area (Å²) in [5, 5.41) is 22.3. The first-order valence-electron chi connectivity index (χ1n) is 5.53. The lowest BCUT2D eigenvalue weighted by Crippen LogP contribution is -2.04. The summed E-state index contributed by atoms with van der Waals surface area (Å²) in [7, 11) is 0. The fraction of sp³-hybridized carbons (Fsp3) is 0.167. The van der Waals surface area contributed by atoms with Crippen LogP contribution in [0, 0.1) is 17.0 Å². The van der Waals surface area contributed by atoms with Gasteiger partial charge in [-0.1, -0.05) is 0 Å². The number of aromatic nitrogens is 1. The average molecular weight is 294 g/mol. The minimum absolute atomic E-state index is 0.190. The van der Waals surface area contributed by atoms with Crippen LogP contribution < -0.4 is 4.74 Å². The number of ether oxygens (including phenoxy) is 1. The Balaban J connectivity index is 2.18. The quantitative estimate of drug-likeness (QED) is 0.671. The molecule has 20 heavy (non-hydrogen) atoms. The van der Waals surface area contributed by atoms with Crippen LogP contribution in [0.2, 0.25) is 0 Å². The molecule has 0 fully saturated rings. The van der Waals surface area contributed by atoms with E-state index in [0.717, 1.165) is 22.8 Å². The third kappa shape index (κ3) is 3.09. The van der Waals surface area contributed by atoms with Crippen LogP contribution in [0.15, 0.2) is 23.6 Å². The molecular formula is C12H10N2O5S. The van der Waals surface area contributed by atoms with Crippen LogP contribution >= 0.6 is 11.3 Å². The van der Waals surface area contributed by atoms with Gasteiger partial charge in [-0.2, -0.15) is 0 Å². The molecule has 0 saturated heterocycles. The van der Waals surface area contributed by atoms with Crippen LogP contribution in [-0.4, -0.2) is 21.0 Å². The normalized spacial score (nSPS) is 10.2. The maximum atomic E-state index is 11.0. The highest BCUT2D eigenvalue weighted by Gasteiger charge is 2.20. The van der Waals surface area contributed by atoms with Gasteiger partial charge in [0.05, 0.1) is 4.92 Å². The second kappa shape index (κ2) is 5.66. The molecule has 0 atom stereocenters. The van der Waals surface area contributed by atoms with E-state index in [1.807, 2.05) is 12.3 Å². The zero-order valence-corrected chi connectivity index (χ0v) is 11.2. The van der Waals surface area contributed by atoms with Crippen molar-refractivity contribution in [3.8, 4) is 5.75 Å². The van der Waals surface area contributed by atoms with Crippen molar-refractivity contribution in [3.63, 3.8) is 0 Å². The van der Waals surface area contributed by atoms with Gasteiger partial charge in [0.1, 0.15) is 22.9 Å². The van der Waals surface area contributed by atoms with Crippen molar-refractivity contribution >= 4 is 23.0 Å². The molecule has 0 amide bonds. The van der Waals surface area contributed by atoms with Crippen molar-refractivity contribution in [2.24, 2.45) is 0 Å². The van der Waals surface area contributed by atoms with Gasteiger partial charge in [-0.25, -0.2) is 9.78 Å². The molecule has 2 aromatic rings. The van der Waals surface area contributed by atoms with Gasteiger partial charge in [0.15, 0.2) is 0 Å². The Morgan fingerprint density at radius 3 is 2.85 bits per heavy atom. The Bertz CT molecular complexity index is 668. The third-order valence-corrected chi connectivity index (χ3v) is 3.36. The van der Waals surface area contributed by atoms with E-state index in [2.05, 4.69) is 4.98 Å². The number of rotatable bonds is 5. The number of thiazole rings is 1. The molecule has 0 aliphatic rings. The number of aryl methyl sites for hydroxylation is 1. The third-order valence-electron chi connectivity index (χ3n) is 2.42. The largest absolute Gasteiger partial charge is 0.486 e. The van der Waals surface area contributed by atoms with E-state index in [-0.39, 0.29) is 12.4 Å². The Kier molecular flexibility index (Phi) is 3.94. The minimum atomic E-state index is -1.37. The highest BCUT2D eigenvalue weighted by atomic mass is 32.1. The summed E-state index contributed by atoms with van der Waals surface area (Å²) < 4.78 is 5.39. The van der Waals surface area contributed by atoms with Gasteiger partial charge in [-0.3, -0.25) is 10.1 Å². The second-order valence-electron chi connectivity index (χ2n) is 3.91. The minimum Gasteiger partial charge on any atom is -0.486 e. The molecule has 1 aromatic carbocycles. The molecule has 1 heterocycles. The number of nitro benzene ring substituents is 1. The number of nitro groups is 1. The molecule has 0 bridgehead atoms. The molecule has 7 nitrogen and oxygen atoms in total. The Hall–Kier alpha value is -2.48. The summed E-state index contributed by atoms with van der Waals surface area (Å²) >= 11 is 1.43. The van der Waals surface area contributed by atoms with Crippen LogP contribution in [0.1, 0.15) is 21.1 Å². The maximum absolute atomic E-state index is 11.0. The van der Waals surface area contributed by atoms with Crippen LogP contribution in [-0.2, 0) is 6.61 Å². The lowest BCUT2D eigenvalue weighted by molar-refractivity contribution is -0.385. The topological polar surface area (TPSA) is 103 Å². The molecule has 8 heteroatoms. The first kappa shape index (κ1) is 13.9. The lowest BCUT2D eigenvalue weighted by atomic mass is 10.1. The smallest absolute Gasteiger partial charge is 0.342 e. The molecule has 0 spiro atoms. The molecular weight excluding hydrogens is 284 g/mol. The Labute approximate surface area is 117 Å². The number of carboxylic acids is 1. The molecule has 1 aromatic heterocycles. The lowest BCUT2D eigenvalue weighted by Gasteiger charge is -2.05. The molecule has 0 unspecified atom stereocenters. The first-order valence-corrected chi connectivity index (χ1v) is 6.41. The van der Waals surface area contributed by atoms with E-state index in [9.17, 15) is 14.9 Å². The van der Waals surface area contributed by atoms with Crippen LogP contribution in [0.5, 0.6) is 5.75 Å². The predicted molar refractivity (Wildman–Crippen MR) is 71.2 cm³/mol. The summed E-state index contributed by atoms with van der Waals surface area (Å²) in [6.45, 7) is 2.05. The SMILES string of the molecule is Cc1csc(COc2ccc([N+](=O)[O-])c(C(=O)O)c2)n1. The average Bonchev–Trinajstić information content (AvgIpc) is 2.81. The van der Waals surface area contributed by atoms with Crippen molar-refractivity contribution in [3.05, 3.63) is 50.0 Å². The van der Waals surface area contributed by atoms with Crippen LogP contribution in [0.4, 0.5) is 5.69 Å². The second-order valence-corrected chi connectivity index (χ2v) is 4.86. The predicted octanol–water partition coefficient (Wildman–Crippen LogP) is 2.64. The summed E-state index contributed by atoms with van der Waals surface area (Å²) in [6.07, 6.45) is 0. The van der Waals surface area contributed by atoms with Crippen molar-refractivity contribution < 1.29 is 19.6 Å². The standard InChI is InChI=1S/C12H10N2O5S/c1-7-6-20-11(13-7)5-19-8-2-3-10(14(17)18)9(4-8)12(15)16/h2-4,6H,5H2,1H3,(H,15,16). The first-order chi connectivity index (χ1) is 9.47. The van der Waals surface area contributed by atoms with Crippen molar-refractivity contribution in [2.45, 2.75) is 13.5 Å². The maximum Gasteiger partial charge on any atom is 0.342 e. The van der Waals surface area contributed by atoms with E-state index in [4.69, 9.17) is 9.84 Å². The highest BCUT2D eigenvalue weighted by Crippen LogP contribution is 2.25. The summed E-state index contributed by atoms with van der Waals surface area (Å²) in [4.78, 5) is 25.2.